The Bertz CT molecular complexity index is 270. The van der Waals surface area contributed by atoms with Gasteiger partial charge in [-0.2, -0.15) is 0 Å². The minimum atomic E-state index is -0.0661. The van der Waals surface area contributed by atoms with Crippen molar-refractivity contribution in [1.29, 1.82) is 0 Å². The molecule has 0 bridgehead atoms. The van der Waals surface area contributed by atoms with Crippen LogP contribution in [-0.2, 0) is 9.53 Å². The van der Waals surface area contributed by atoms with Gasteiger partial charge in [-0.05, 0) is 18.6 Å². The van der Waals surface area contributed by atoms with Crippen LogP contribution in [0.4, 0.5) is 0 Å². The molecule has 1 rings (SSSR count). The molecule has 0 unspecified atom stereocenters. The van der Waals surface area contributed by atoms with E-state index in [1.165, 1.54) is 7.11 Å². The molecule has 0 radical (unpaired) electrons. The zero-order chi connectivity index (χ0) is 9.35. The Morgan fingerprint density at radius 1 is 1.33 bits per heavy atom. The smallest absolute Gasteiger partial charge is 0.222 e. The zero-order valence-electron chi connectivity index (χ0n) is 7.97. The van der Waals surface area contributed by atoms with Gasteiger partial charge in [0.15, 0.2) is 5.76 Å². The first-order valence-electron chi connectivity index (χ1n) is 3.97. The molecule has 0 N–H and O–H groups in total. The van der Waals surface area contributed by atoms with Crippen molar-refractivity contribution in [3.05, 3.63) is 23.5 Å². The van der Waals surface area contributed by atoms with Crippen molar-refractivity contribution in [2.24, 2.45) is 5.41 Å². The van der Waals surface area contributed by atoms with Crippen LogP contribution >= 0.6 is 0 Å². The summed E-state index contributed by atoms with van der Waals surface area (Å²) in [7, 11) is 1.53. The molecule has 0 aromatic heterocycles. The average molecular weight is 166 g/mol. The number of methoxy groups -OCH3 is 1. The van der Waals surface area contributed by atoms with Gasteiger partial charge in [0, 0.05) is 5.41 Å². The molecule has 0 saturated carbocycles. The molecule has 66 valence electrons. The molecular formula is C10H14O2. The average Bonchev–Trinajstić information content (AvgIpc) is 1.96. The summed E-state index contributed by atoms with van der Waals surface area (Å²) in [5.41, 5.74) is 0.697. The number of ketones is 1. The van der Waals surface area contributed by atoms with Crippen LogP contribution < -0.4 is 0 Å². The molecule has 0 aliphatic heterocycles. The number of allylic oxidation sites excluding steroid dienone is 3. The maximum absolute atomic E-state index is 11.4. The molecule has 1 aliphatic rings. The lowest BCUT2D eigenvalue weighted by atomic mass is 9.84. The van der Waals surface area contributed by atoms with E-state index in [2.05, 4.69) is 0 Å². The van der Waals surface area contributed by atoms with Gasteiger partial charge in [0.1, 0.15) is 0 Å². The largest absolute Gasteiger partial charge is 0.493 e. The second kappa shape index (κ2) is 2.77. The fourth-order valence-corrected chi connectivity index (χ4v) is 1.41. The number of carbonyl (C=O) groups is 1. The molecule has 2 heteroatoms. The van der Waals surface area contributed by atoms with Gasteiger partial charge in [-0.15, -0.1) is 0 Å². The van der Waals surface area contributed by atoms with E-state index in [0.717, 1.165) is 5.57 Å². The van der Waals surface area contributed by atoms with E-state index in [-0.39, 0.29) is 11.2 Å². The second-order valence-corrected chi connectivity index (χ2v) is 3.69. The van der Waals surface area contributed by atoms with Crippen LogP contribution in [-0.4, -0.2) is 12.9 Å². The second-order valence-electron chi connectivity index (χ2n) is 3.69. The molecule has 12 heavy (non-hydrogen) atoms. The first-order chi connectivity index (χ1) is 5.46. The summed E-state index contributed by atoms with van der Waals surface area (Å²) >= 11 is 0. The molecule has 0 aromatic carbocycles. The molecular weight excluding hydrogens is 152 g/mol. The minimum absolute atomic E-state index is 0.00294. The Morgan fingerprint density at radius 2 is 1.92 bits per heavy atom. The van der Waals surface area contributed by atoms with E-state index < -0.39 is 0 Å². The zero-order valence-corrected chi connectivity index (χ0v) is 7.97. The summed E-state index contributed by atoms with van der Waals surface area (Å²) in [4.78, 5) is 11.4. The first-order valence-corrected chi connectivity index (χ1v) is 3.97. The lowest BCUT2D eigenvalue weighted by Crippen LogP contribution is -2.18. The maximum Gasteiger partial charge on any atom is 0.222 e. The number of hydrogen-bond donors (Lipinski definition) is 0. The first kappa shape index (κ1) is 9.04. The van der Waals surface area contributed by atoms with Crippen LogP contribution in [0.25, 0.3) is 0 Å². The summed E-state index contributed by atoms with van der Waals surface area (Å²) in [5, 5.41) is 0. The molecule has 0 aromatic rings. The number of hydrogen-bond acceptors (Lipinski definition) is 2. The van der Waals surface area contributed by atoms with Gasteiger partial charge in [0.2, 0.25) is 5.78 Å². The number of Topliss-reactive ketones (excluding diaryl/α,β-unsaturated/α-hetero) is 1. The molecule has 0 saturated heterocycles. The van der Waals surface area contributed by atoms with Crippen molar-refractivity contribution in [2.75, 3.05) is 7.11 Å². The highest BCUT2D eigenvalue weighted by Gasteiger charge is 2.24. The van der Waals surface area contributed by atoms with Crippen molar-refractivity contribution in [3.8, 4) is 0 Å². The van der Waals surface area contributed by atoms with Crippen molar-refractivity contribution in [2.45, 2.75) is 20.8 Å². The van der Waals surface area contributed by atoms with Gasteiger partial charge in [-0.3, -0.25) is 4.79 Å². The van der Waals surface area contributed by atoms with E-state index in [9.17, 15) is 4.79 Å². The van der Waals surface area contributed by atoms with E-state index in [0.29, 0.717) is 5.76 Å². The van der Waals surface area contributed by atoms with Crippen molar-refractivity contribution < 1.29 is 9.53 Å². The molecule has 1 aliphatic carbocycles. The van der Waals surface area contributed by atoms with E-state index in [1.807, 2.05) is 32.9 Å². The van der Waals surface area contributed by atoms with Gasteiger partial charge in [0.05, 0.1) is 7.11 Å². The topological polar surface area (TPSA) is 26.3 Å². The maximum atomic E-state index is 11.4. The van der Waals surface area contributed by atoms with E-state index in [1.54, 1.807) is 0 Å². The predicted molar refractivity (Wildman–Crippen MR) is 47.6 cm³/mol. The van der Waals surface area contributed by atoms with E-state index in [4.69, 9.17) is 4.74 Å². The van der Waals surface area contributed by atoms with Gasteiger partial charge >= 0.3 is 0 Å². The van der Waals surface area contributed by atoms with E-state index >= 15 is 0 Å². The Hall–Kier alpha value is -1.05. The Labute approximate surface area is 72.9 Å². The minimum Gasteiger partial charge on any atom is -0.493 e. The highest BCUT2D eigenvalue weighted by molar-refractivity contribution is 6.07. The highest BCUT2D eigenvalue weighted by Crippen LogP contribution is 2.29. The third-order valence-corrected chi connectivity index (χ3v) is 1.89. The fraction of sp³-hybridized carbons (Fsp3) is 0.500. The quantitative estimate of drug-likeness (QED) is 0.596. The Kier molecular flexibility index (Phi) is 2.09. The van der Waals surface area contributed by atoms with Crippen LogP contribution in [0.2, 0.25) is 0 Å². The Balaban J connectivity index is 3.06. The van der Waals surface area contributed by atoms with Crippen LogP contribution in [0.1, 0.15) is 20.8 Å². The summed E-state index contributed by atoms with van der Waals surface area (Å²) in [6.45, 7) is 5.90. The third-order valence-electron chi connectivity index (χ3n) is 1.89. The molecule has 2 nitrogen and oxygen atoms in total. The lowest BCUT2D eigenvalue weighted by Gasteiger charge is -2.22. The predicted octanol–water partition coefficient (Wildman–Crippen LogP) is 2.07. The lowest BCUT2D eigenvalue weighted by molar-refractivity contribution is -0.115. The number of carbonyl (C=O) groups excluding carboxylic acids is 1. The standard InChI is InChI=1S/C10H14O2/c1-7-5-10(2,3)6-8(12-4)9(7)11/h5-6H,1-4H3. The van der Waals surface area contributed by atoms with Gasteiger partial charge in [-0.25, -0.2) is 0 Å². The highest BCUT2D eigenvalue weighted by atomic mass is 16.5. The van der Waals surface area contributed by atoms with Gasteiger partial charge in [0.25, 0.3) is 0 Å². The van der Waals surface area contributed by atoms with Crippen LogP contribution in [0.15, 0.2) is 23.5 Å². The fourth-order valence-electron chi connectivity index (χ4n) is 1.41. The van der Waals surface area contributed by atoms with Crippen LogP contribution in [0.3, 0.4) is 0 Å². The van der Waals surface area contributed by atoms with Crippen molar-refractivity contribution in [1.82, 2.24) is 0 Å². The number of rotatable bonds is 1. The summed E-state index contributed by atoms with van der Waals surface area (Å²) < 4.78 is 4.98. The third kappa shape index (κ3) is 1.58. The van der Waals surface area contributed by atoms with Gasteiger partial charge < -0.3 is 4.74 Å². The molecule has 0 spiro atoms. The summed E-state index contributed by atoms with van der Waals surface area (Å²) in [5.74, 6) is 0.455. The summed E-state index contributed by atoms with van der Waals surface area (Å²) in [6, 6.07) is 0. The number of ether oxygens (including phenoxy) is 1. The van der Waals surface area contributed by atoms with Crippen molar-refractivity contribution in [3.63, 3.8) is 0 Å². The Morgan fingerprint density at radius 3 is 2.42 bits per heavy atom. The SMILES string of the molecule is COC1=CC(C)(C)C=C(C)C1=O. The molecule has 0 fully saturated rings. The van der Waals surface area contributed by atoms with Crippen molar-refractivity contribution >= 4 is 5.78 Å². The monoisotopic (exact) mass is 166 g/mol. The van der Waals surface area contributed by atoms with Crippen LogP contribution in [0, 0.1) is 5.41 Å². The summed E-state index contributed by atoms with van der Waals surface area (Å²) in [6.07, 6.45) is 3.81. The molecule has 0 heterocycles. The van der Waals surface area contributed by atoms with Crippen LogP contribution in [0.5, 0.6) is 0 Å². The van der Waals surface area contributed by atoms with Gasteiger partial charge in [-0.1, -0.05) is 19.9 Å². The molecule has 0 atom stereocenters. The molecule has 0 amide bonds. The normalized spacial score (nSPS) is 21.5.